The second kappa shape index (κ2) is 5.14. The Labute approximate surface area is 114 Å². The van der Waals surface area contributed by atoms with Crippen LogP contribution >= 0.6 is 11.6 Å². The van der Waals surface area contributed by atoms with Crippen LogP contribution in [0.3, 0.4) is 0 Å². The average molecular weight is 285 g/mol. The molecule has 0 radical (unpaired) electrons. The summed E-state index contributed by atoms with van der Waals surface area (Å²) in [6.45, 7) is 2.67. The highest BCUT2D eigenvalue weighted by atomic mass is 35.5. The fraction of sp³-hybridized carbons (Fsp3) is 0.417. The smallest absolute Gasteiger partial charge is 0.289 e. The van der Waals surface area contributed by atoms with Crippen molar-refractivity contribution in [1.82, 2.24) is 0 Å². The first kappa shape index (κ1) is 13.8. The van der Waals surface area contributed by atoms with Gasteiger partial charge in [0.2, 0.25) is 5.91 Å². The molecular weight excluding hydrogens is 272 g/mol. The molecule has 6 nitrogen and oxygen atoms in total. The van der Waals surface area contributed by atoms with Crippen LogP contribution in [-0.4, -0.2) is 24.0 Å². The predicted octanol–water partition coefficient (Wildman–Crippen LogP) is 2.61. The lowest BCUT2D eigenvalue weighted by molar-refractivity contribution is -0.384. The maximum Gasteiger partial charge on any atom is 0.289 e. The summed E-state index contributed by atoms with van der Waals surface area (Å²) in [6, 6.07) is 4.18. The van der Waals surface area contributed by atoms with Gasteiger partial charge in [0.1, 0.15) is 5.02 Å². The molecule has 19 heavy (non-hydrogen) atoms. The lowest BCUT2D eigenvalue weighted by atomic mass is 9.82. The molecule has 7 heteroatoms. The van der Waals surface area contributed by atoms with Crippen LogP contribution in [0.15, 0.2) is 18.2 Å². The van der Waals surface area contributed by atoms with Crippen molar-refractivity contribution in [3.05, 3.63) is 33.3 Å². The van der Waals surface area contributed by atoms with E-state index in [1.807, 2.05) is 6.92 Å². The second-order valence-corrected chi connectivity index (χ2v) is 4.91. The van der Waals surface area contributed by atoms with Crippen LogP contribution in [0.5, 0.6) is 0 Å². The summed E-state index contributed by atoms with van der Waals surface area (Å²) in [6.07, 6.45) is 0.661. The fourth-order valence-corrected chi connectivity index (χ4v) is 2.02. The van der Waals surface area contributed by atoms with Gasteiger partial charge >= 0.3 is 0 Å². The number of nitro groups is 1. The van der Waals surface area contributed by atoms with Gasteiger partial charge in [0.15, 0.2) is 0 Å². The van der Waals surface area contributed by atoms with Gasteiger partial charge < -0.3 is 10.1 Å². The molecule has 1 aromatic carbocycles. The number of carbonyl (C=O) groups is 1. The van der Waals surface area contributed by atoms with Gasteiger partial charge in [-0.1, -0.05) is 18.5 Å². The highest BCUT2D eigenvalue weighted by molar-refractivity contribution is 6.32. The van der Waals surface area contributed by atoms with Crippen molar-refractivity contribution in [2.75, 3.05) is 18.5 Å². The van der Waals surface area contributed by atoms with E-state index in [-0.39, 0.29) is 16.6 Å². The van der Waals surface area contributed by atoms with E-state index >= 15 is 0 Å². The number of nitrogens with one attached hydrogen (secondary N) is 1. The highest BCUT2D eigenvalue weighted by Gasteiger charge is 2.44. The topological polar surface area (TPSA) is 81.5 Å². The van der Waals surface area contributed by atoms with E-state index in [1.54, 1.807) is 0 Å². The SMILES string of the molecule is CCC1(C(=O)Nc2ccc(Cl)c([N+](=O)[O-])c2)COC1. The number of nitro benzene ring substituents is 1. The zero-order valence-corrected chi connectivity index (χ0v) is 11.1. The molecule has 0 aliphatic carbocycles. The molecule has 0 aromatic heterocycles. The molecular formula is C12H13ClN2O4. The van der Waals surface area contributed by atoms with Crippen molar-refractivity contribution in [2.45, 2.75) is 13.3 Å². The molecule has 1 aromatic rings. The van der Waals surface area contributed by atoms with Crippen molar-refractivity contribution in [2.24, 2.45) is 5.41 Å². The Bertz CT molecular complexity index is 523. The molecule has 1 aliphatic rings. The summed E-state index contributed by atoms with van der Waals surface area (Å²) in [5.41, 5.74) is -0.385. The summed E-state index contributed by atoms with van der Waals surface area (Å²) in [7, 11) is 0. The number of ether oxygens (including phenoxy) is 1. The fourth-order valence-electron chi connectivity index (χ4n) is 1.84. The predicted molar refractivity (Wildman–Crippen MR) is 70.3 cm³/mol. The Balaban J connectivity index is 2.17. The summed E-state index contributed by atoms with van der Waals surface area (Å²) in [5.74, 6) is -0.183. The van der Waals surface area contributed by atoms with Gasteiger partial charge in [0.05, 0.1) is 23.6 Å². The van der Waals surface area contributed by atoms with Crippen LogP contribution in [0.2, 0.25) is 5.02 Å². The van der Waals surface area contributed by atoms with Crippen LogP contribution in [0.4, 0.5) is 11.4 Å². The third-order valence-electron chi connectivity index (χ3n) is 3.32. The number of anilines is 1. The molecule has 0 saturated carbocycles. The summed E-state index contributed by atoms with van der Waals surface area (Å²) < 4.78 is 5.08. The Morgan fingerprint density at radius 3 is 2.74 bits per heavy atom. The second-order valence-electron chi connectivity index (χ2n) is 4.50. The molecule has 1 N–H and O–H groups in total. The van der Waals surface area contributed by atoms with Gasteiger partial charge in [-0.15, -0.1) is 0 Å². The number of rotatable bonds is 4. The maximum absolute atomic E-state index is 12.1. The zero-order valence-electron chi connectivity index (χ0n) is 10.3. The van der Waals surface area contributed by atoms with E-state index in [2.05, 4.69) is 5.32 Å². The Kier molecular flexibility index (Phi) is 3.73. The molecule has 1 fully saturated rings. The first-order valence-corrected chi connectivity index (χ1v) is 6.19. The standard InChI is InChI=1S/C12H13ClN2O4/c1-2-12(6-19-7-12)11(16)14-8-3-4-9(13)10(5-8)15(17)18/h3-5H,2,6-7H2,1H3,(H,14,16). The van der Waals surface area contributed by atoms with Crippen LogP contribution in [0, 0.1) is 15.5 Å². The lowest BCUT2D eigenvalue weighted by Crippen LogP contribution is -2.51. The number of nitrogens with zero attached hydrogens (tertiary/aromatic N) is 1. The van der Waals surface area contributed by atoms with E-state index in [4.69, 9.17) is 16.3 Å². The highest BCUT2D eigenvalue weighted by Crippen LogP contribution is 2.34. The molecule has 2 rings (SSSR count). The Morgan fingerprint density at radius 2 is 2.26 bits per heavy atom. The molecule has 0 unspecified atom stereocenters. The van der Waals surface area contributed by atoms with E-state index in [0.29, 0.717) is 25.3 Å². The first-order chi connectivity index (χ1) is 8.98. The molecule has 0 atom stereocenters. The van der Waals surface area contributed by atoms with Gasteiger partial charge in [0.25, 0.3) is 5.69 Å². The van der Waals surface area contributed by atoms with Crippen LogP contribution < -0.4 is 5.32 Å². The minimum atomic E-state index is -0.583. The number of benzene rings is 1. The third kappa shape index (κ3) is 2.54. The molecule has 1 heterocycles. The number of halogens is 1. The Morgan fingerprint density at radius 1 is 1.58 bits per heavy atom. The first-order valence-electron chi connectivity index (χ1n) is 5.82. The summed E-state index contributed by atoms with van der Waals surface area (Å²) in [5, 5.41) is 13.5. The average Bonchev–Trinajstić information content (AvgIpc) is 2.30. The van der Waals surface area contributed by atoms with Crippen molar-refractivity contribution in [1.29, 1.82) is 0 Å². The largest absolute Gasteiger partial charge is 0.379 e. The van der Waals surface area contributed by atoms with Gasteiger partial charge in [-0.25, -0.2) is 0 Å². The van der Waals surface area contributed by atoms with Crippen LogP contribution in [-0.2, 0) is 9.53 Å². The molecule has 1 amide bonds. The van der Waals surface area contributed by atoms with Crippen molar-refractivity contribution < 1.29 is 14.5 Å². The summed E-state index contributed by atoms with van der Waals surface area (Å²) >= 11 is 5.71. The zero-order chi connectivity index (χ0) is 14.0. The van der Waals surface area contributed by atoms with Gasteiger partial charge in [-0.05, 0) is 18.6 Å². The maximum atomic E-state index is 12.1. The molecule has 0 bridgehead atoms. The number of hydrogen-bond acceptors (Lipinski definition) is 4. The summed E-state index contributed by atoms with van der Waals surface area (Å²) in [4.78, 5) is 22.3. The normalized spacial score (nSPS) is 16.5. The monoisotopic (exact) mass is 284 g/mol. The van der Waals surface area contributed by atoms with E-state index in [9.17, 15) is 14.9 Å². The Hall–Kier alpha value is -1.66. The number of carbonyl (C=O) groups excluding carboxylic acids is 1. The van der Waals surface area contributed by atoms with Crippen molar-refractivity contribution in [3.8, 4) is 0 Å². The molecule has 1 aliphatic heterocycles. The van der Waals surface area contributed by atoms with Gasteiger partial charge in [-0.2, -0.15) is 0 Å². The molecule has 102 valence electrons. The third-order valence-corrected chi connectivity index (χ3v) is 3.64. The molecule has 0 spiro atoms. The molecule has 1 saturated heterocycles. The van der Waals surface area contributed by atoms with Crippen LogP contribution in [0.1, 0.15) is 13.3 Å². The van der Waals surface area contributed by atoms with Crippen molar-refractivity contribution in [3.63, 3.8) is 0 Å². The van der Waals surface area contributed by atoms with E-state index in [1.165, 1.54) is 18.2 Å². The number of hydrogen-bond donors (Lipinski definition) is 1. The number of amides is 1. The van der Waals surface area contributed by atoms with E-state index < -0.39 is 10.3 Å². The van der Waals surface area contributed by atoms with Crippen molar-refractivity contribution >= 4 is 28.9 Å². The minimum Gasteiger partial charge on any atom is -0.379 e. The minimum absolute atomic E-state index is 0.0418. The van der Waals surface area contributed by atoms with E-state index in [0.717, 1.165) is 0 Å². The van der Waals surface area contributed by atoms with Gasteiger partial charge in [0, 0.05) is 11.8 Å². The lowest BCUT2D eigenvalue weighted by Gasteiger charge is -2.38. The van der Waals surface area contributed by atoms with Gasteiger partial charge in [-0.3, -0.25) is 14.9 Å². The quantitative estimate of drug-likeness (QED) is 0.680. The van der Waals surface area contributed by atoms with Crippen LogP contribution in [0.25, 0.3) is 0 Å².